The zero-order valence-electron chi connectivity index (χ0n) is 26.5. The van der Waals surface area contributed by atoms with Gasteiger partial charge in [-0.25, -0.2) is 9.07 Å². The molecule has 0 saturated carbocycles. The van der Waals surface area contributed by atoms with Gasteiger partial charge in [0.15, 0.2) is 11.4 Å². The number of aliphatic hydroxyl groups excluding tert-OH is 1. The average Bonchev–Trinajstić information content (AvgIpc) is 3.57. The molecule has 248 valence electrons. The van der Waals surface area contributed by atoms with E-state index in [1.54, 1.807) is 6.07 Å². The lowest BCUT2D eigenvalue weighted by molar-refractivity contribution is -0.207. The Morgan fingerprint density at radius 1 is 0.854 bits per heavy atom. The summed E-state index contributed by atoms with van der Waals surface area (Å²) in [7, 11) is 0. The van der Waals surface area contributed by atoms with Gasteiger partial charge in [-0.3, -0.25) is 9.97 Å². The van der Waals surface area contributed by atoms with E-state index in [1.807, 2.05) is 42.6 Å². The summed E-state index contributed by atoms with van der Waals surface area (Å²) in [5.41, 5.74) is 0.639. The van der Waals surface area contributed by atoms with Crippen LogP contribution in [0.15, 0.2) is 79.1 Å². The molecule has 2 N–H and O–H groups in total. The maximum Gasteiger partial charge on any atom is 0.323 e. The maximum absolute atomic E-state index is 16.1. The van der Waals surface area contributed by atoms with Crippen LogP contribution in [0.2, 0.25) is 0 Å². The fourth-order valence-corrected chi connectivity index (χ4v) is 6.54. The van der Waals surface area contributed by atoms with Crippen LogP contribution in [0.3, 0.4) is 0 Å². The van der Waals surface area contributed by atoms with E-state index in [-0.39, 0.29) is 17.0 Å². The topological polar surface area (TPSA) is 116 Å². The van der Waals surface area contributed by atoms with Crippen molar-refractivity contribution in [2.45, 2.75) is 44.4 Å². The van der Waals surface area contributed by atoms with Gasteiger partial charge in [0.2, 0.25) is 0 Å². The van der Waals surface area contributed by atoms with E-state index in [1.165, 1.54) is 12.3 Å². The largest absolute Gasteiger partial charge is 0.387 e. The van der Waals surface area contributed by atoms with Crippen molar-refractivity contribution in [1.82, 2.24) is 30.2 Å². The summed E-state index contributed by atoms with van der Waals surface area (Å²) in [6.07, 6.45) is 3.31. The Morgan fingerprint density at radius 2 is 1.54 bits per heavy atom. The first-order valence-corrected chi connectivity index (χ1v) is 15.9. The number of fused-ring (bicyclic) bond motifs is 3. The molecular weight excluding hydrogens is 621 g/mol. The third kappa shape index (κ3) is 5.66. The highest BCUT2D eigenvalue weighted by atomic mass is 19.3. The van der Waals surface area contributed by atoms with Crippen LogP contribution in [0.25, 0.3) is 22.5 Å². The minimum absolute atomic E-state index is 0.00419. The fraction of sp³-hybridized carbons (Fsp3) is 0.343. The van der Waals surface area contributed by atoms with E-state index in [0.29, 0.717) is 23.6 Å². The molecule has 5 heterocycles. The van der Waals surface area contributed by atoms with Crippen molar-refractivity contribution in [2.75, 3.05) is 36.0 Å². The molecule has 2 atom stereocenters. The number of piperazine rings is 1. The predicted molar refractivity (Wildman–Crippen MR) is 174 cm³/mol. The van der Waals surface area contributed by atoms with Crippen LogP contribution in [-0.2, 0) is 18.1 Å². The maximum atomic E-state index is 16.1. The smallest absolute Gasteiger partial charge is 0.323 e. The van der Waals surface area contributed by atoms with Crippen LogP contribution in [0, 0.1) is 11.7 Å². The standard InChI is InChI=1S/C35H35F3N8O2/c1-22(2)17-31(47)30-11-9-27(20-39-30)45-15-13-44(14-16-45)26-7-3-23(4-8-26)24-5-12-32(40-19-24)35(37,38)34(48)21-46-33(41-42-43-46)28-18-25(36)6-10-29(28)34/h3-12,18-20,22,31,47-48H,13-17,21H2,1-2H3/t31?,34-/m0/s1. The highest BCUT2D eigenvalue weighted by Crippen LogP contribution is 2.50. The molecule has 1 fully saturated rings. The molecule has 0 radical (unpaired) electrons. The lowest BCUT2D eigenvalue weighted by Crippen LogP contribution is -2.49. The summed E-state index contributed by atoms with van der Waals surface area (Å²) >= 11 is 0. The first kappa shape index (κ1) is 31.7. The monoisotopic (exact) mass is 656 g/mol. The molecule has 2 aliphatic rings. The molecule has 3 aromatic heterocycles. The van der Waals surface area contributed by atoms with Gasteiger partial charge in [-0.05, 0) is 70.8 Å². The van der Waals surface area contributed by atoms with Gasteiger partial charge in [-0.1, -0.05) is 38.1 Å². The summed E-state index contributed by atoms with van der Waals surface area (Å²) in [5.74, 6) is -4.04. The SMILES string of the molecule is CC(C)CC(O)c1ccc(N2CCN(c3ccc(-c4ccc(C(F)(F)[C@]5(O)Cn6nnnc6-c6cc(F)ccc65)nc4)cc3)CC2)cn1. The Labute approximate surface area is 275 Å². The Balaban J connectivity index is 1.02. The molecule has 1 unspecified atom stereocenters. The molecule has 7 rings (SSSR count). The van der Waals surface area contributed by atoms with E-state index < -0.39 is 35.7 Å². The fourth-order valence-electron chi connectivity index (χ4n) is 6.54. The Kier molecular flexibility index (Phi) is 8.12. The summed E-state index contributed by atoms with van der Waals surface area (Å²) < 4.78 is 47.3. The lowest BCUT2D eigenvalue weighted by atomic mass is 9.80. The third-order valence-electron chi connectivity index (χ3n) is 9.20. The Hall–Kier alpha value is -4.88. The van der Waals surface area contributed by atoms with Gasteiger partial charge < -0.3 is 20.0 Å². The Morgan fingerprint density at radius 3 is 2.19 bits per heavy atom. The summed E-state index contributed by atoms with van der Waals surface area (Å²) in [6, 6.07) is 17.7. The number of halogens is 3. The first-order valence-electron chi connectivity index (χ1n) is 15.9. The van der Waals surface area contributed by atoms with Crippen LogP contribution in [0.1, 0.15) is 43.3 Å². The van der Waals surface area contributed by atoms with Crippen LogP contribution < -0.4 is 9.80 Å². The van der Waals surface area contributed by atoms with Crippen LogP contribution in [-0.4, -0.2) is 66.6 Å². The zero-order chi connectivity index (χ0) is 33.6. The van der Waals surface area contributed by atoms with Crippen molar-refractivity contribution in [3.8, 4) is 22.5 Å². The molecule has 0 amide bonds. The van der Waals surface area contributed by atoms with Crippen LogP contribution in [0.5, 0.6) is 0 Å². The second kappa shape index (κ2) is 12.3. The number of anilines is 2. The quantitative estimate of drug-likeness (QED) is 0.229. The molecule has 0 aliphatic carbocycles. The second-order valence-corrected chi connectivity index (χ2v) is 12.8. The van der Waals surface area contributed by atoms with Gasteiger partial charge in [0.25, 0.3) is 0 Å². The number of hydrogen-bond donors (Lipinski definition) is 2. The number of nitrogens with zero attached hydrogens (tertiary/aromatic N) is 8. The van der Waals surface area contributed by atoms with Crippen molar-refractivity contribution < 1.29 is 23.4 Å². The number of pyridine rings is 2. The van der Waals surface area contributed by atoms with E-state index in [2.05, 4.69) is 49.1 Å². The molecule has 48 heavy (non-hydrogen) atoms. The number of tetrazole rings is 1. The minimum atomic E-state index is -3.86. The van der Waals surface area contributed by atoms with Crippen LogP contribution >= 0.6 is 0 Å². The van der Waals surface area contributed by atoms with E-state index in [9.17, 15) is 14.6 Å². The van der Waals surface area contributed by atoms with Crippen molar-refractivity contribution in [1.29, 1.82) is 0 Å². The van der Waals surface area contributed by atoms with Crippen molar-refractivity contribution in [3.05, 3.63) is 102 Å². The van der Waals surface area contributed by atoms with Gasteiger partial charge in [0, 0.05) is 54.8 Å². The van der Waals surface area contributed by atoms with Crippen molar-refractivity contribution in [3.63, 3.8) is 0 Å². The van der Waals surface area contributed by atoms with Gasteiger partial charge in [-0.15, -0.1) is 5.10 Å². The number of aromatic nitrogens is 6. The molecule has 1 saturated heterocycles. The molecular formula is C35H35F3N8O2. The number of alkyl halides is 2. The Bertz CT molecular complexity index is 1890. The van der Waals surface area contributed by atoms with Crippen molar-refractivity contribution in [2.24, 2.45) is 5.92 Å². The molecule has 5 aromatic rings. The lowest BCUT2D eigenvalue weighted by Gasteiger charge is -2.39. The highest BCUT2D eigenvalue weighted by molar-refractivity contribution is 5.67. The zero-order valence-corrected chi connectivity index (χ0v) is 26.5. The number of rotatable bonds is 8. The molecule has 2 aliphatic heterocycles. The first-order chi connectivity index (χ1) is 23.0. The number of aliphatic hydroxyl groups is 2. The highest BCUT2D eigenvalue weighted by Gasteiger charge is 2.59. The number of benzene rings is 2. The molecule has 2 aromatic carbocycles. The molecule has 0 spiro atoms. The summed E-state index contributed by atoms with van der Waals surface area (Å²) in [6.45, 7) is 6.78. The van der Waals surface area contributed by atoms with Gasteiger partial charge in [0.1, 0.15) is 11.5 Å². The number of hydrogen-bond acceptors (Lipinski definition) is 9. The average molecular weight is 657 g/mol. The van der Waals surface area contributed by atoms with E-state index in [4.69, 9.17) is 0 Å². The predicted octanol–water partition coefficient (Wildman–Crippen LogP) is 5.34. The van der Waals surface area contributed by atoms with Crippen molar-refractivity contribution >= 4 is 11.4 Å². The van der Waals surface area contributed by atoms with Gasteiger partial charge in [0.05, 0.1) is 30.2 Å². The third-order valence-corrected chi connectivity index (χ3v) is 9.20. The summed E-state index contributed by atoms with van der Waals surface area (Å²) in [4.78, 5) is 13.2. The molecule has 10 nitrogen and oxygen atoms in total. The molecule has 13 heteroatoms. The second-order valence-electron chi connectivity index (χ2n) is 12.8. The van der Waals surface area contributed by atoms with Crippen LogP contribution in [0.4, 0.5) is 24.5 Å². The van der Waals surface area contributed by atoms with E-state index in [0.717, 1.165) is 66.0 Å². The minimum Gasteiger partial charge on any atom is -0.387 e. The van der Waals surface area contributed by atoms with Gasteiger partial charge in [-0.2, -0.15) is 8.78 Å². The van der Waals surface area contributed by atoms with Gasteiger partial charge >= 0.3 is 5.92 Å². The normalized spacial score (nSPS) is 18.5. The van der Waals surface area contributed by atoms with E-state index >= 15 is 8.78 Å². The molecule has 0 bridgehead atoms. The summed E-state index contributed by atoms with van der Waals surface area (Å²) in [5, 5.41) is 32.9.